The van der Waals surface area contributed by atoms with Crippen LogP contribution in [0.15, 0.2) is 30.3 Å². The van der Waals surface area contributed by atoms with Crippen LogP contribution in [0, 0.1) is 11.3 Å². The maximum absolute atomic E-state index is 11.9. The summed E-state index contributed by atoms with van der Waals surface area (Å²) in [4.78, 5) is 26.3. The molecule has 19 heavy (non-hydrogen) atoms. The fraction of sp³-hybridized carbons (Fsp3) is 0.357. The van der Waals surface area contributed by atoms with Gasteiger partial charge in [0, 0.05) is 13.6 Å². The number of carbonyl (C=O) groups is 2. The van der Waals surface area contributed by atoms with Crippen LogP contribution in [-0.2, 0) is 9.59 Å². The zero-order valence-electron chi connectivity index (χ0n) is 10.7. The molecule has 1 aromatic carbocycles. The van der Waals surface area contributed by atoms with Gasteiger partial charge >= 0.3 is 0 Å². The van der Waals surface area contributed by atoms with E-state index in [2.05, 4.69) is 6.07 Å². The van der Waals surface area contributed by atoms with E-state index in [0.29, 0.717) is 0 Å². The molecule has 1 heterocycles. The van der Waals surface area contributed by atoms with E-state index < -0.39 is 5.92 Å². The van der Waals surface area contributed by atoms with Gasteiger partial charge in [-0.1, -0.05) is 30.3 Å². The molecule has 1 aliphatic rings. The molecule has 1 aromatic rings. The number of likely N-dealkylation sites (N-methyl/N-ethyl adjacent to an activating group) is 1. The second kappa shape index (κ2) is 5.53. The van der Waals surface area contributed by atoms with Gasteiger partial charge in [-0.2, -0.15) is 5.26 Å². The summed E-state index contributed by atoms with van der Waals surface area (Å²) in [5.74, 6) is -0.607. The highest BCUT2D eigenvalue weighted by Gasteiger charge is 2.29. The van der Waals surface area contributed by atoms with Crippen LogP contribution in [0.25, 0.3) is 0 Å². The van der Waals surface area contributed by atoms with Crippen molar-refractivity contribution in [2.75, 3.05) is 26.7 Å². The first kappa shape index (κ1) is 13.1. The molecule has 5 heteroatoms. The van der Waals surface area contributed by atoms with Crippen LogP contribution in [-0.4, -0.2) is 48.3 Å². The SMILES string of the molecule is CN1CC(=O)N(CC(C#N)c2ccccc2)CC1=O. The molecule has 2 amide bonds. The number of hydrogen-bond acceptors (Lipinski definition) is 3. The zero-order valence-corrected chi connectivity index (χ0v) is 10.7. The molecular weight excluding hydrogens is 242 g/mol. The molecule has 0 bridgehead atoms. The Kier molecular flexibility index (Phi) is 3.81. The van der Waals surface area contributed by atoms with E-state index in [4.69, 9.17) is 0 Å². The lowest BCUT2D eigenvalue weighted by Gasteiger charge is -2.32. The van der Waals surface area contributed by atoms with Gasteiger partial charge in [0.2, 0.25) is 11.8 Å². The number of carbonyl (C=O) groups excluding carboxylic acids is 2. The van der Waals surface area contributed by atoms with Crippen molar-refractivity contribution in [1.82, 2.24) is 9.80 Å². The Balaban J connectivity index is 2.09. The topological polar surface area (TPSA) is 64.4 Å². The molecule has 0 radical (unpaired) electrons. The van der Waals surface area contributed by atoms with Gasteiger partial charge in [-0.25, -0.2) is 0 Å². The highest BCUT2D eigenvalue weighted by Crippen LogP contribution is 2.17. The van der Waals surface area contributed by atoms with Crippen molar-refractivity contribution < 1.29 is 9.59 Å². The van der Waals surface area contributed by atoms with Crippen LogP contribution >= 0.6 is 0 Å². The van der Waals surface area contributed by atoms with Crippen molar-refractivity contribution in [2.24, 2.45) is 0 Å². The molecule has 98 valence electrons. The zero-order chi connectivity index (χ0) is 13.8. The highest BCUT2D eigenvalue weighted by atomic mass is 16.2. The van der Waals surface area contributed by atoms with E-state index in [1.807, 2.05) is 30.3 Å². The molecular formula is C14H15N3O2. The summed E-state index contributed by atoms with van der Waals surface area (Å²) in [7, 11) is 1.61. The monoisotopic (exact) mass is 257 g/mol. The lowest BCUT2D eigenvalue weighted by Crippen LogP contribution is -2.53. The van der Waals surface area contributed by atoms with Gasteiger partial charge in [-0.05, 0) is 5.56 Å². The predicted molar refractivity (Wildman–Crippen MR) is 69.0 cm³/mol. The molecule has 0 N–H and O–H groups in total. The Labute approximate surface area is 112 Å². The third kappa shape index (κ3) is 2.91. The predicted octanol–water partition coefficient (Wildman–Crippen LogP) is 0.594. The summed E-state index contributed by atoms with van der Waals surface area (Å²) in [5.41, 5.74) is 0.865. The van der Waals surface area contributed by atoms with E-state index in [0.717, 1.165) is 5.56 Å². The standard InChI is InChI=1S/C14H15N3O2/c1-16-9-14(19)17(10-13(16)18)8-12(7-15)11-5-3-2-4-6-11/h2-6,12H,8-10H2,1H3. The smallest absolute Gasteiger partial charge is 0.242 e. The number of hydrogen-bond donors (Lipinski definition) is 0. The number of piperazine rings is 1. The number of benzene rings is 1. The minimum atomic E-state index is -0.402. The van der Waals surface area contributed by atoms with Crippen LogP contribution in [0.2, 0.25) is 0 Å². The molecule has 5 nitrogen and oxygen atoms in total. The molecule has 2 rings (SSSR count). The molecule has 0 aromatic heterocycles. The molecule has 1 saturated heterocycles. The van der Waals surface area contributed by atoms with Crippen molar-refractivity contribution in [1.29, 1.82) is 5.26 Å². The molecule has 1 aliphatic heterocycles. The van der Waals surface area contributed by atoms with E-state index >= 15 is 0 Å². The van der Waals surface area contributed by atoms with Gasteiger partial charge < -0.3 is 9.80 Å². The first-order valence-electron chi connectivity index (χ1n) is 6.08. The summed E-state index contributed by atoms with van der Waals surface area (Å²) in [6, 6.07) is 11.5. The first-order valence-corrected chi connectivity index (χ1v) is 6.08. The van der Waals surface area contributed by atoms with Crippen molar-refractivity contribution in [3.63, 3.8) is 0 Å². The summed E-state index contributed by atoms with van der Waals surface area (Å²) in [5, 5.41) is 9.23. The van der Waals surface area contributed by atoms with Gasteiger partial charge in [-0.3, -0.25) is 9.59 Å². The van der Waals surface area contributed by atoms with Crippen LogP contribution in [0.5, 0.6) is 0 Å². The molecule has 1 unspecified atom stereocenters. The molecule has 0 saturated carbocycles. The third-order valence-electron chi connectivity index (χ3n) is 3.24. The summed E-state index contributed by atoms with van der Waals surface area (Å²) < 4.78 is 0. The van der Waals surface area contributed by atoms with Crippen molar-refractivity contribution in [2.45, 2.75) is 5.92 Å². The van der Waals surface area contributed by atoms with Gasteiger partial charge in [0.1, 0.15) is 0 Å². The number of nitrogens with zero attached hydrogens (tertiary/aromatic N) is 3. The van der Waals surface area contributed by atoms with Crippen molar-refractivity contribution >= 4 is 11.8 Å². The second-order valence-electron chi connectivity index (χ2n) is 4.62. The normalized spacial score (nSPS) is 17.3. The van der Waals surface area contributed by atoms with Crippen molar-refractivity contribution in [3.05, 3.63) is 35.9 Å². The Morgan fingerprint density at radius 3 is 2.53 bits per heavy atom. The van der Waals surface area contributed by atoms with E-state index in [9.17, 15) is 14.9 Å². The Hall–Kier alpha value is -2.35. The Morgan fingerprint density at radius 2 is 1.89 bits per heavy atom. The maximum Gasteiger partial charge on any atom is 0.242 e. The lowest BCUT2D eigenvalue weighted by molar-refractivity contribution is -0.148. The number of amides is 2. The van der Waals surface area contributed by atoms with Crippen LogP contribution in [0.1, 0.15) is 11.5 Å². The molecule has 1 fully saturated rings. The summed E-state index contributed by atoms with van der Waals surface area (Å²) in [6.45, 7) is 0.408. The molecule has 1 atom stereocenters. The van der Waals surface area contributed by atoms with Gasteiger partial charge in [-0.15, -0.1) is 0 Å². The third-order valence-corrected chi connectivity index (χ3v) is 3.24. The van der Waals surface area contributed by atoms with Crippen molar-refractivity contribution in [3.8, 4) is 6.07 Å². The molecule has 0 aliphatic carbocycles. The largest absolute Gasteiger partial charge is 0.335 e. The highest BCUT2D eigenvalue weighted by molar-refractivity contribution is 5.92. The van der Waals surface area contributed by atoms with E-state index in [1.54, 1.807) is 7.05 Å². The Morgan fingerprint density at radius 1 is 1.21 bits per heavy atom. The molecule has 0 spiro atoms. The summed E-state index contributed by atoms with van der Waals surface area (Å²) >= 11 is 0. The van der Waals surface area contributed by atoms with E-state index in [1.165, 1.54) is 9.80 Å². The minimum Gasteiger partial charge on any atom is -0.335 e. The van der Waals surface area contributed by atoms with E-state index in [-0.39, 0.29) is 31.4 Å². The average Bonchev–Trinajstić information content (AvgIpc) is 2.42. The fourth-order valence-corrected chi connectivity index (χ4v) is 2.06. The Bertz CT molecular complexity index is 521. The number of rotatable bonds is 3. The fourth-order valence-electron chi connectivity index (χ4n) is 2.06. The number of nitriles is 1. The minimum absolute atomic E-state index is 0.0559. The van der Waals surface area contributed by atoms with Gasteiger partial charge in [0.25, 0.3) is 0 Å². The van der Waals surface area contributed by atoms with Crippen LogP contribution in [0.4, 0.5) is 0 Å². The van der Waals surface area contributed by atoms with Gasteiger partial charge in [0.05, 0.1) is 25.1 Å². The summed E-state index contributed by atoms with van der Waals surface area (Å²) in [6.07, 6.45) is 0. The van der Waals surface area contributed by atoms with Crippen LogP contribution in [0.3, 0.4) is 0 Å². The van der Waals surface area contributed by atoms with Gasteiger partial charge in [0.15, 0.2) is 0 Å². The van der Waals surface area contributed by atoms with Crippen LogP contribution < -0.4 is 0 Å². The second-order valence-corrected chi connectivity index (χ2v) is 4.62. The quantitative estimate of drug-likeness (QED) is 0.796. The lowest BCUT2D eigenvalue weighted by atomic mass is 10.00. The first-order chi connectivity index (χ1) is 9.11. The maximum atomic E-state index is 11.9. The average molecular weight is 257 g/mol.